The third-order valence-electron chi connectivity index (χ3n) is 4.37. The molecule has 3 heteroatoms. The van der Waals surface area contributed by atoms with Gasteiger partial charge in [-0.1, -0.05) is 12.8 Å². The van der Waals surface area contributed by atoms with Crippen molar-refractivity contribution in [2.45, 2.75) is 25.7 Å². The van der Waals surface area contributed by atoms with Crippen LogP contribution in [-0.4, -0.2) is 37.0 Å². The average Bonchev–Trinajstić information content (AvgIpc) is 3.03. The van der Waals surface area contributed by atoms with Crippen molar-refractivity contribution >= 4 is 5.91 Å². The standard InChI is InChI=1S/C12H20N2O/c15-12(14-7-5-13-6-8-14)11-9-3-1-2-4-10(9)11/h9-11,13H,1-8H2. The molecular formula is C12H20N2O. The summed E-state index contributed by atoms with van der Waals surface area (Å²) in [6.45, 7) is 3.81. The van der Waals surface area contributed by atoms with Crippen molar-refractivity contribution in [3.63, 3.8) is 0 Å². The second-order valence-electron chi connectivity index (χ2n) is 5.21. The Labute approximate surface area is 91.2 Å². The summed E-state index contributed by atoms with van der Waals surface area (Å²) >= 11 is 0. The Morgan fingerprint density at radius 1 is 1.07 bits per heavy atom. The van der Waals surface area contributed by atoms with Crippen molar-refractivity contribution < 1.29 is 4.79 Å². The van der Waals surface area contributed by atoms with Crippen LogP contribution in [-0.2, 0) is 4.79 Å². The van der Waals surface area contributed by atoms with E-state index in [1.54, 1.807) is 0 Å². The predicted molar refractivity (Wildman–Crippen MR) is 58.4 cm³/mol. The van der Waals surface area contributed by atoms with Gasteiger partial charge >= 0.3 is 0 Å². The topological polar surface area (TPSA) is 32.3 Å². The van der Waals surface area contributed by atoms with Gasteiger partial charge in [-0.05, 0) is 24.7 Å². The first kappa shape index (κ1) is 9.64. The van der Waals surface area contributed by atoms with E-state index in [-0.39, 0.29) is 0 Å². The van der Waals surface area contributed by atoms with Crippen LogP contribution < -0.4 is 5.32 Å². The first-order valence-corrected chi connectivity index (χ1v) is 6.37. The zero-order valence-corrected chi connectivity index (χ0v) is 9.24. The zero-order chi connectivity index (χ0) is 10.3. The van der Waals surface area contributed by atoms with E-state index in [9.17, 15) is 4.79 Å². The number of fused-ring (bicyclic) bond motifs is 1. The lowest BCUT2D eigenvalue weighted by molar-refractivity contribution is -0.133. The monoisotopic (exact) mass is 208 g/mol. The number of hydrogen-bond donors (Lipinski definition) is 1. The van der Waals surface area contributed by atoms with Crippen LogP contribution in [0.25, 0.3) is 0 Å². The van der Waals surface area contributed by atoms with Crippen LogP contribution in [0.2, 0.25) is 0 Å². The van der Waals surface area contributed by atoms with Crippen LogP contribution in [0.3, 0.4) is 0 Å². The lowest BCUT2D eigenvalue weighted by Crippen LogP contribution is -2.47. The van der Waals surface area contributed by atoms with E-state index in [1.807, 2.05) is 0 Å². The highest BCUT2D eigenvalue weighted by molar-refractivity contribution is 5.82. The van der Waals surface area contributed by atoms with E-state index in [1.165, 1.54) is 25.7 Å². The van der Waals surface area contributed by atoms with Crippen molar-refractivity contribution in [3.8, 4) is 0 Å². The molecule has 84 valence electrons. The van der Waals surface area contributed by atoms with Crippen molar-refractivity contribution in [1.82, 2.24) is 10.2 Å². The molecular weight excluding hydrogens is 188 g/mol. The van der Waals surface area contributed by atoms with E-state index in [0.29, 0.717) is 11.8 Å². The van der Waals surface area contributed by atoms with Crippen LogP contribution in [0.5, 0.6) is 0 Å². The first-order chi connectivity index (χ1) is 7.38. The maximum Gasteiger partial charge on any atom is 0.226 e. The van der Waals surface area contributed by atoms with Gasteiger partial charge < -0.3 is 10.2 Å². The normalized spacial score (nSPS) is 39.7. The van der Waals surface area contributed by atoms with Crippen molar-refractivity contribution in [1.29, 1.82) is 0 Å². The lowest BCUT2D eigenvalue weighted by atomic mass is 10.0. The smallest absolute Gasteiger partial charge is 0.226 e. The Kier molecular flexibility index (Phi) is 2.43. The molecule has 15 heavy (non-hydrogen) atoms. The molecule has 1 aliphatic heterocycles. The molecule has 1 saturated heterocycles. The summed E-state index contributed by atoms with van der Waals surface area (Å²) in [6, 6.07) is 0. The molecule has 3 nitrogen and oxygen atoms in total. The molecule has 0 radical (unpaired) electrons. The number of amides is 1. The Morgan fingerprint density at radius 3 is 2.27 bits per heavy atom. The minimum absolute atomic E-state index is 0.422. The number of carbonyl (C=O) groups is 1. The molecule has 1 amide bonds. The molecule has 2 aliphatic carbocycles. The summed E-state index contributed by atoms with van der Waals surface area (Å²) in [7, 11) is 0. The summed E-state index contributed by atoms with van der Waals surface area (Å²) in [5.74, 6) is 2.42. The fourth-order valence-corrected chi connectivity index (χ4v) is 3.45. The molecule has 0 spiro atoms. The van der Waals surface area contributed by atoms with Crippen LogP contribution in [0.4, 0.5) is 0 Å². The highest BCUT2D eigenvalue weighted by atomic mass is 16.2. The van der Waals surface area contributed by atoms with E-state index >= 15 is 0 Å². The van der Waals surface area contributed by atoms with Gasteiger partial charge in [-0.25, -0.2) is 0 Å². The third-order valence-corrected chi connectivity index (χ3v) is 4.37. The summed E-state index contributed by atoms with van der Waals surface area (Å²) in [6.07, 6.45) is 5.33. The fraction of sp³-hybridized carbons (Fsp3) is 0.917. The average molecular weight is 208 g/mol. The van der Waals surface area contributed by atoms with E-state index in [0.717, 1.165) is 38.0 Å². The van der Waals surface area contributed by atoms with E-state index < -0.39 is 0 Å². The molecule has 0 aromatic carbocycles. The maximum absolute atomic E-state index is 12.2. The number of nitrogens with one attached hydrogen (secondary N) is 1. The second-order valence-corrected chi connectivity index (χ2v) is 5.21. The molecule has 3 rings (SSSR count). The molecule has 1 heterocycles. The summed E-state index contributed by atoms with van der Waals surface area (Å²) in [4.78, 5) is 14.3. The lowest BCUT2D eigenvalue weighted by Gasteiger charge is -2.27. The molecule has 2 atom stereocenters. The van der Waals surface area contributed by atoms with Gasteiger partial charge in [-0.15, -0.1) is 0 Å². The quantitative estimate of drug-likeness (QED) is 0.693. The molecule has 2 saturated carbocycles. The van der Waals surface area contributed by atoms with Crippen LogP contribution in [0.15, 0.2) is 0 Å². The third kappa shape index (κ3) is 1.67. The van der Waals surface area contributed by atoms with Gasteiger partial charge in [-0.2, -0.15) is 0 Å². The fourth-order valence-electron chi connectivity index (χ4n) is 3.45. The van der Waals surface area contributed by atoms with Crippen molar-refractivity contribution in [3.05, 3.63) is 0 Å². The SMILES string of the molecule is O=C(C1C2CCCCC21)N1CCNCC1. The van der Waals surface area contributed by atoms with Crippen molar-refractivity contribution in [2.75, 3.05) is 26.2 Å². The maximum atomic E-state index is 12.2. The number of hydrogen-bond acceptors (Lipinski definition) is 2. The van der Waals surface area contributed by atoms with Gasteiger partial charge in [-0.3, -0.25) is 4.79 Å². The number of piperazine rings is 1. The molecule has 0 aromatic heterocycles. The van der Waals surface area contributed by atoms with Gasteiger partial charge in [0.2, 0.25) is 5.91 Å². The molecule has 3 fully saturated rings. The molecule has 0 aromatic rings. The number of nitrogens with zero attached hydrogens (tertiary/aromatic N) is 1. The van der Waals surface area contributed by atoms with Gasteiger partial charge in [0, 0.05) is 32.1 Å². The predicted octanol–water partition coefficient (Wildman–Crippen LogP) is 0.854. The minimum Gasteiger partial charge on any atom is -0.340 e. The second kappa shape index (κ2) is 3.78. The minimum atomic E-state index is 0.422. The van der Waals surface area contributed by atoms with Crippen LogP contribution in [0, 0.1) is 17.8 Å². The van der Waals surface area contributed by atoms with E-state index in [4.69, 9.17) is 0 Å². The molecule has 2 unspecified atom stereocenters. The van der Waals surface area contributed by atoms with Crippen LogP contribution >= 0.6 is 0 Å². The zero-order valence-electron chi connectivity index (χ0n) is 9.24. The summed E-state index contributed by atoms with van der Waals surface area (Å²) in [5.41, 5.74) is 0. The van der Waals surface area contributed by atoms with Gasteiger partial charge in [0.15, 0.2) is 0 Å². The van der Waals surface area contributed by atoms with E-state index in [2.05, 4.69) is 10.2 Å². The Hall–Kier alpha value is -0.570. The first-order valence-electron chi connectivity index (χ1n) is 6.37. The summed E-state index contributed by atoms with van der Waals surface area (Å²) < 4.78 is 0. The Bertz CT molecular complexity index is 248. The number of carbonyl (C=O) groups excluding carboxylic acids is 1. The van der Waals surface area contributed by atoms with Gasteiger partial charge in [0.1, 0.15) is 0 Å². The highest BCUT2D eigenvalue weighted by Crippen LogP contribution is 2.56. The van der Waals surface area contributed by atoms with Crippen LogP contribution in [0.1, 0.15) is 25.7 Å². The molecule has 0 bridgehead atoms. The summed E-state index contributed by atoms with van der Waals surface area (Å²) in [5, 5.41) is 3.30. The van der Waals surface area contributed by atoms with Gasteiger partial charge in [0.25, 0.3) is 0 Å². The highest BCUT2D eigenvalue weighted by Gasteiger charge is 2.55. The largest absolute Gasteiger partial charge is 0.340 e. The molecule has 3 aliphatic rings. The van der Waals surface area contributed by atoms with Gasteiger partial charge in [0.05, 0.1) is 0 Å². The van der Waals surface area contributed by atoms with Crippen molar-refractivity contribution in [2.24, 2.45) is 17.8 Å². The Morgan fingerprint density at radius 2 is 1.67 bits per heavy atom. The number of rotatable bonds is 1. The Balaban J connectivity index is 1.60. The molecule has 1 N–H and O–H groups in total.